The van der Waals surface area contributed by atoms with Crippen molar-refractivity contribution >= 4 is 17.7 Å². The first-order valence-electron chi connectivity index (χ1n) is 11.8. The maximum absolute atomic E-state index is 13.3. The van der Waals surface area contributed by atoms with Gasteiger partial charge in [0.1, 0.15) is 23.2 Å². The molecule has 0 fully saturated rings. The van der Waals surface area contributed by atoms with Crippen LogP contribution in [0.25, 0.3) is 5.69 Å². The summed E-state index contributed by atoms with van der Waals surface area (Å²) in [4.78, 5) is 12.4. The van der Waals surface area contributed by atoms with E-state index < -0.39 is 0 Å². The minimum atomic E-state index is -0.265. The Morgan fingerprint density at radius 2 is 1.97 bits per heavy atom. The monoisotopic (exact) mass is 508 g/mol. The first-order chi connectivity index (χ1) is 17.5. The molecular weight excluding hydrogens is 479 g/mol. The van der Waals surface area contributed by atoms with Crippen LogP contribution in [0.5, 0.6) is 5.75 Å². The van der Waals surface area contributed by atoms with Gasteiger partial charge in [-0.2, -0.15) is 0 Å². The van der Waals surface area contributed by atoms with Gasteiger partial charge in [0.15, 0.2) is 5.16 Å². The number of amides is 1. The lowest BCUT2D eigenvalue weighted by atomic mass is 10.1. The van der Waals surface area contributed by atoms with Gasteiger partial charge in [-0.1, -0.05) is 36.0 Å². The number of hydrogen-bond donors (Lipinski definition) is 2. The maximum Gasteiger partial charge on any atom is 0.220 e. The van der Waals surface area contributed by atoms with Crippen LogP contribution in [0.3, 0.4) is 0 Å². The van der Waals surface area contributed by atoms with E-state index in [1.54, 1.807) is 25.3 Å². The third-order valence-corrected chi connectivity index (χ3v) is 6.80. The van der Waals surface area contributed by atoms with E-state index in [1.807, 2.05) is 34.9 Å². The summed E-state index contributed by atoms with van der Waals surface area (Å²) in [5, 5.41) is 22.3. The van der Waals surface area contributed by atoms with Gasteiger partial charge in [0.25, 0.3) is 0 Å². The Bertz CT molecular complexity index is 1250. The number of carbonyl (C=O) groups is 1. The highest BCUT2D eigenvalue weighted by molar-refractivity contribution is 7.98. The fourth-order valence-electron chi connectivity index (χ4n) is 3.86. The Morgan fingerprint density at radius 3 is 2.75 bits per heavy atom. The predicted molar refractivity (Wildman–Crippen MR) is 138 cm³/mol. The van der Waals surface area contributed by atoms with Gasteiger partial charge in [0.05, 0.1) is 12.8 Å². The van der Waals surface area contributed by atoms with Crippen molar-refractivity contribution in [1.82, 2.24) is 20.1 Å². The number of aliphatic hydroxyl groups excluding tert-OH is 1. The second-order valence-electron chi connectivity index (χ2n) is 8.38. The zero-order valence-electron chi connectivity index (χ0n) is 20.1. The molecule has 1 aromatic heterocycles. The first kappa shape index (κ1) is 25.5. The summed E-state index contributed by atoms with van der Waals surface area (Å²) in [7, 11) is 1.62. The highest BCUT2D eigenvalue weighted by Crippen LogP contribution is 2.27. The number of carbonyl (C=O) groups excluding carboxylic acids is 1. The summed E-state index contributed by atoms with van der Waals surface area (Å²) >= 11 is 1.51. The van der Waals surface area contributed by atoms with Crippen molar-refractivity contribution in [3.63, 3.8) is 0 Å². The van der Waals surface area contributed by atoms with Crippen molar-refractivity contribution < 1.29 is 19.0 Å². The quantitative estimate of drug-likeness (QED) is 0.341. The molecule has 1 aliphatic rings. The molecule has 2 N–H and O–H groups in total. The molecule has 9 heteroatoms. The lowest BCUT2D eigenvalue weighted by Crippen LogP contribution is -2.26. The summed E-state index contributed by atoms with van der Waals surface area (Å²) < 4.78 is 20.6. The third kappa shape index (κ3) is 6.75. The van der Waals surface area contributed by atoms with Crippen LogP contribution in [0, 0.1) is 5.82 Å². The number of thioether (sulfide) groups is 1. The maximum atomic E-state index is 13.3. The number of ether oxygens (including phenoxy) is 1. The second-order valence-corrected chi connectivity index (χ2v) is 9.32. The summed E-state index contributed by atoms with van der Waals surface area (Å²) in [6, 6.07) is 14.1. The van der Waals surface area contributed by atoms with E-state index >= 15 is 0 Å². The van der Waals surface area contributed by atoms with Crippen molar-refractivity contribution in [2.45, 2.75) is 43.0 Å². The number of aliphatic hydroxyl groups is 1. The van der Waals surface area contributed by atoms with Gasteiger partial charge in [0.2, 0.25) is 5.91 Å². The Labute approximate surface area is 214 Å². The molecule has 0 radical (unpaired) electrons. The van der Waals surface area contributed by atoms with Crippen LogP contribution in [-0.2, 0) is 17.0 Å². The zero-order chi connectivity index (χ0) is 25.3. The van der Waals surface area contributed by atoms with Crippen molar-refractivity contribution in [3.8, 4) is 11.4 Å². The van der Waals surface area contributed by atoms with Gasteiger partial charge >= 0.3 is 0 Å². The molecule has 4 rings (SSSR count). The van der Waals surface area contributed by atoms with Gasteiger partial charge in [0, 0.05) is 36.8 Å². The molecule has 188 valence electrons. The smallest absolute Gasteiger partial charge is 0.220 e. The standard InChI is InChI=1S/C27H29FN4O3S/c1-35-23-8-4-7-22(16-23)32-25(30-31-27(32)36-18-19-12-14-21(28)15-13-19)10-5-11-26(34)29-17-20-6-2-3-9-24(20)33/h4,6-9,12-16,33H,2-3,5,10-11,17-18H2,1H3,(H,29,34). The number of aromatic nitrogens is 3. The third-order valence-electron chi connectivity index (χ3n) is 5.80. The number of nitrogens with one attached hydrogen (secondary N) is 1. The van der Waals surface area contributed by atoms with Crippen molar-refractivity contribution in [3.05, 3.63) is 89.2 Å². The molecule has 2 aromatic carbocycles. The number of rotatable bonds is 11. The van der Waals surface area contributed by atoms with Crippen LogP contribution in [0.15, 0.2) is 77.2 Å². The molecule has 0 saturated heterocycles. The van der Waals surface area contributed by atoms with E-state index in [1.165, 1.54) is 23.9 Å². The minimum absolute atomic E-state index is 0.0763. The van der Waals surface area contributed by atoms with Crippen LogP contribution in [0.1, 0.15) is 37.1 Å². The molecule has 0 bridgehead atoms. The Kier molecular flexibility index (Phi) is 8.78. The summed E-state index contributed by atoms with van der Waals surface area (Å²) in [5.74, 6) is 1.98. The van der Waals surface area contributed by atoms with Crippen molar-refractivity contribution in [2.24, 2.45) is 0 Å². The van der Waals surface area contributed by atoms with Crippen LogP contribution < -0.4 is 10.1 Å². The largest absolute Gasteiger partial charge is 0.508 e. The molecular formula is C27H29FN4O3S. The van der Waals surface area contributed by atoms with E-state index in [9.17, 15) is 14.3 Å². The fraction of sp³-hybridized carbons (Fsp3) is 0.296. The summed E-state index contributed by atoms with van der Waals surface area (Å²) in [6.45, 7) is 0.325. The topological polar surface area (TPSA) is 89.3 Å². The number of aryl methyl sites for hydroxylation is 1. The number of benzene rings is 2. The molecule has 36 heavy (non-hydrogen) atoms. The zero-order valence-corrected chi connectivity index (χ0v) is 20.9. The number of allylic oxidation sites excluding steroid dienone is 2. The van der Waals surface area contributed by atoms with Gasteiger partial charge < -0.3 is 15.2 Å². The highest BCUT2D eigenvalue weighted by atomic mass is 32.2. The van der Waals surface area contributed by atoms with Gasteiger partial charge in [-0.05, 0) is 55.2 Å². The normalized spacial score (nSPS) is 13.2. The predicted octanol–water partition coefficient (Wildman–Crippen LogP) is 5.31. The molecule has 0 atom stereocenters. The summed E-state index contributed by atoms with van der Waals surface area (Å²) in [5.41, 5.74) is 2.61. The molecule has 0 saturated carbocycles. The van der Waals surface area contributed by atoms with E-state index in [0.717, 1.165) is 41.2 Å². The van der Waals surface area contributed by atoms with E-state index in [4.69, 9.17) is 4.74 Å². The van der Waals surface area contributed by atoms with E-state index in [0.29, 0.717) is 36.7 Å². The lowest BCUT2D eigenvalue weighted by molar-refractivity contribution is -0.121. The second kappa shape index (κ2) is 12.4. The van der Waals surface area contributed by atoms with Crippen LogP contribution in [-0.4, -0.2) is 39.4 Å². The molecule has 0 aliphatic heterocycles. The molecule has 0 unspecified atom stereocenters. The molecule has 1 heterocycles. The number of methoxy groups -OCH3 is 1. The molecule has 0 spiro atoms. The van der Waals surface area contributed by atoms with Gasteiger partial charge in [-0.15, -0.1) is 10.2 Å². The Hall–Kier alpha value is -3.59. The molecule has 1 amide bonds. The fourth-order valence-corrected chi connectivity index (χ4v) is 4.79. The SMILES string of the molecule is COc1cccc(-n2c(CCCC(=O)NCC3=CCCC=C3O)nnc2SCc2ccc(F)cc2)c1. The van der Waals surface area contributed by atoms with Gasteiger partial charge in [-0.3, -0.25) is 9.36 Å². The average Bonchev–Trinajstić information content (AvgIpc) is 3.30. The van der Waals surface area contributed by atoms with Gasteiger partial charge in [-0.25, -0.2) is 4.39 Å². The number of hydrogen-bond acceptors (Lipinski definition) is 6. The molecule has 3 aromatic rings. The van der Waals surface area contributed by atoms with Crippen LogP contribution in [0.4, 0.5) is 4.39 Å². The number of nitrogens with zero attached hydrogens (tertiary/aromatic N) is 3. The Balaban J connectivity index is 1.42. The van der Waals surface area contributed by atoms with E-state index in [2.05, 4.69) is 15.5 Å². The first-order valence-corrected chi connectivity index (χ1v) is 12.8. The Morgan fingerprint density at radius 1 is 1.17 bits per heavy atom. The molecule has 7 nitrogen and oxygen atoms in total. The van der Waals surface area contributed by atoms with Crippen molar-refractivity contribution in [1.29, 1.82) is 0 Å². The summed E-state index contributed by atoms with van der Waals surface area (Å²) in [6.07, 6.45) is 6.91. The van der Waals surface area contributed by atoms with E-state index in [-0.39, 0.29) is 17.5 Å². The highest BCUT2D eigenvalue weighted by Gasteiger charge is 2.16. The molecule has 1 aliphatic carbocycles. The van der Waals surface area contributed by atoms with Crippen LogP contribution >= 0.6 is 11.8 Å². The number of halogens is 1. The minimum Gasteiger partial charge on any atom is -0.508 e. The van der Waals surface area contributed by atoms with Crippen LogP contribution in [0.2, 0.25) is 0 Å². The van der Waals surface area contributed by atoms with Crippen molar-refractivity contribution in [2.75, 3.05) is 13.7 Å². The lowest BCUT2D eigenvalue weighted by Gasteiger charge is -2.13. The average molecular weight is 509 g/mol.